The maximum atomic E-state index is 5.96. The molecule has 15 heavy (non-hydrogen) atoms. The number of hydrogen-bond donors (Lipinski definition) is 1. The van der Waals surface area contributed by atoms with E-state index in [1.54, 1.807) is 0 Å². The first kappa shape index (κ1) is 9.37. The van der Waals surface area contributed by atoms with Gasteiger partial charge in [0.2, 0.25) is 0 Å². The Bertz CT molecular complexity index is 392. The maximum Gasteiger partial charge on any atom is 0.107 e. The lowest BCUT2D eigenvalue weighted by Crippen LogP contribution is -2.37. The molecule has 2 bridgehead atoms. The fraction of sp³-hybridized carbons (Fsp3) is 0.538. The van der Waals surface area contributed by atoms with Crippen LogP contribution in [0.5, 0.6) is 0 Å². The number of hydrogen-bond acceptors (Lipinski definition) is 2. The van der Waals surface area contributed by atoms with Crippen molar-refractivity contribution in [3.63, 3.8) is 0 Å². The van der Waals surface area contributed by atoms with Crippen molar-refractivity contribution in [3.8, 4) is 0 Å². The van der Waals surface area contributed by atoms with Gasteiger partial charge in [0.25, 0.3) is 0 Å². The summed E-state index contributed by atoms with van der Waals surface area (Å²) in [5.41, 5.74) is 4.04. The fourth-order valence-corrected chi connectivity index (χ4v) is 2.67. The van der Waals surface area contributed by atoms with Crippen molar-refractivity contribution >= 4 is 0 Å². The second kappa shape index (κ2) is 3.06. The molecule has 2 nitrogen and oxygen atoms in total. The van der Waals surface area contributed by atoms with Crippen LogP contribution in [0.4, 0.5) is 0 Å². The fourth-order valence-electron chi connectivity index (χ4n) is 2.67. The van der Waals surface area contributed by atoms with E-state index < -0.39 is 0 Å². The van der Waals surface area contributed by atoms with Crippen molar-refractivity contribution in [1.82, 2.24) is 5.32 Å². The molecule has 1 N–H and O–H groups in total. The summed E-state index contributed by atoms with van der Waals surface area (Å²) in [6.45, 7) is 6.17. The SMILES string of the molecule is Cc1ccc([C@]23CN[C@H](CO2)C3)cc1C. The molecule has 0 spiro atoms. The molecule has 2 aliphatic heterocycles. The molecule has 2 atom stereocenters. The lowest BCUT2D eigenvalue weighted by Gasteiger charge is -2.27. The highest BCUT2D eigenvalue weighted by molar-refractivity contribution is 5.35. The maximum absolute atomic E-state index is 5.96. The van der Waals surface area contributed by atoms with Crippen LogP contribution in [-0.2, 0) is 10.3 Å². The molecule has 2 fully saturated rings. The van der Waals surface area contributed by atoms with Gasteiger partial charge in [-0.15, -0.1) is 0 Å². The zero-order valence-electron chi connectivity index (χ0n) is 9.34. The van der Waals surface area contributed by atoms with E-state index >= 15 is 0 Å². The number of nitrogens with one attached hydrogen (secondary N) is 1. The van der Waals surface area contributed by atoms with E-state index in [0.29, 0.717) is 6.04 Å². The average Bonchev–Trinajstić information content (AvgIpc) is 2.83. The highest BCUT2D eigenvalue weighted by atomic mass is 16.5. The van der Waals surface area contributed by atoms with E-state index in [1.165, 1.54) is 16.7 Å². The molecule has 0 unspecified atom stereocenters. The first-order valence-electron chi connectivity index (χ1n) is 5.65. The van der Waals surface area contributed by atoms with Crippen LogP contribution in [0.25, 0.3) is 0 Å². The predicted molar refractivity (Wildman–Crippen MR) is 60.0 cm³/mol. The van der Waals surface area contributed by atoms with Crippen molar-refractivity contribution < 1.29 is 4.74 Å². The summed E-state index contributed by atoms with van der Waals surface area (Å²) < 4.78 is 5.96. The third-order valence-corrected chi connectivity index (χ3v) is 3.85. The van der Waals surface area contributed by atoms with Crippen molar-refractivity contribution in [1.29, 1.82) is 0 Å². The van der Waals surface area contributed by atoms with Gasteiger partial charge in [0, 0.05) is 12.6 Å². The predicted octanol–water partition coefficient (Wildman–Crippen LogP) is 1.89. The van der Waals surface area contributed by atoms with Crippen LogP contribution in [0.3, 0.4) is 0 Å². The molecule has 80 valence electrons. The van der Waals surface area contributed by atoms with E-state index in [2.05, 4.69) is 37.4 Å². The number of fused-ring (bicyclic) bond motifs is 2. The van der Waals surface area contributed by atoms with E-state index in [4.69, 9.17) is 4.74 Å². The van der Waals surface area contributed by atoms with Gasteiger partial charge in [0.05, 0.1) is 6.61 Å². The lowest BCUT2D eigenvalue weighted by molar-refractivity contribution is -0.00962. The van der Waals surface area contributed by atoms with E-state index in [1.807, 2.05) is 0 Å². The van der Waals surface area contributed by atoms with Crippen molar-refractivity contribution in [2.24, 2.45) is 0 Å². The van der Waals surface area contributed by atoms with Gasteiger partial charge in [-0.25, -0.2) is 0 Å². The van der Waals surface area contributed by atoms with Gasteiger partial charge < -0.3 is 10.1 Å². The Balaban J connectivity index is 2.02. The largest absolute Gasteiger partial charge is 0.367 e. The van der Waals surface area contributed by atoms with Crippen LogP contribution in [-0.4, -0.2) is 19.2 Å². The van der Waals surface area contributed by atoms with Crippen molar-refractivity contribution in [2.45, 2.75) is 31.9 Å². The molecule has 3 rings (SSSR count). The molecular weight excluding hydrogens is 186 g/mol. The smallest absolute Gasteiger partial charge is 0.107 e. The lowest BCUT2D eigenvalue weighted by atomic mass is 9.90. The summed E-state index contributed by atoms with van der Waals surface area (Å²) in [6.07, 6.45) is 1.13. The molecular formula is C13H17NO. The van der Waals surface area contributed by atoms with Gasteiger partial charge in [-0.1, -0.05) is 18.2 Å². The highest BCUT2D eigenvalue weighted by Gasteiger charge is 2.47. The van der Waals surface area contributed by atoms with Gasteiger partial charge in [-0.3, -0.25) is 0 Å². The standard InChI is InChI=1S/C13H17NO/c1-9-3-4-11(5-10(9)2)13-6-12(7-15-13)14-8-13/h3-5,12,14H,6-8H2,1-2H3/t12-,13-/m0/s1. The second-order valence-corrected chi connectivity index (χ2v) is 4.89. The zero-order chi connectivity index (χ0) is 10.5. The molecule has 2 saturated heterocycles. The van der Waals surface area contributed by atoms with Crippen molar-refractivity contribution in [3.05, 3.63) is 34.9 Å². The number of benzene rings is 1. The van der Waals surface area contributed by atoms with Crippen LogP contribution in [0.2, 0.25) is 0 Å². The summed E-state index contributed by atoms with van der Waals surface area (Å²) in [7, 11) is 0. The minimum Gasteiger partial charge on any atom is -0.367 e. The Morgan fingerprint density at radius 2 is 2.20 bits per heavy atom. The van der Waals surface area contributed by atoms with Gasteiger partial charge in [-0.05, 0) is 37.0 Å². The Labute approximate surface area is 90.6 Å². The zero-order valence-corrected chi connectivity index (χ0v) is 9.34. The summed E-state index contributed by atoms with van der Waals surface area (Å²) in [4.78, 5) is 0. The third kappa shape index (κ3) is 1.32. The minimum absolute atomic E-state index is 0.0247. The summed E-state index contributed by atoms with van der Waals surface area (Å²) in [5, 5.41) is 3.50. The van der Waals surface area contributed by atoms with Crippen LogP contribution < -0.4 is 5.32 Å². The normalized spacial score (nSPS) is 33.6. The first-order chi connectivity index (χ1) is 7.20. The van der Waals surface area contributed by atoms with E-state index in [-0.39, 0.29) is 5.60 Å². The Morgan fingerprint density at radius 1 is 1.33 bits per heavy atom. The molecule has 2 aliphatic rings. The average molecular weight is 203 g/mol. The monoisotopic (exact) mass is 203 g/mol. The summed E-state index contributed by atoms with van der Waals surface area (Å²) in [5.74, 6) is 0. The Kier molecular flexibility index (Phi) is 1.91. The van der Waals surface area contributed by atoms with Gasteiger partial charge in [0.15, 0.2) is 0 Å². The topological polar surface area (TPSA) is 21.3 Å². The number of morpholine rings is 1. The molecule has 0 amide bonds. The van der Waals surface area contributed by atoms with E-state index in [9.17, 15) is 0 Å². The number of ether oxygens (including phenoxy) is 1. The molecule has 1 aromatic carbocycles. The van der Waals surface area contributed by atoms with Crippen LogP contribution in [0.1, 0.15) is 23.1 Å². The molecule has 1 aromatic rings. The minimum atomic E-state index is -0.0247. The summed E-state index contributed by atoms with van der Waals surface area (Å²) >= 11 is 0. The second-order valence-electron chi connectivity index (χ2n) is 4.89. The van der Waals surface area contributed by atoms with Crippen molar-refractivity contribution in [2.75, 3.05) is 13.2 Å². The Morgan fingerprint density at radius 3 is 2.73 bits per heavy atom. The number of rotatable bonds is 1. The van der Waals surface area contributed by atoms with Crippen LogP contribution >= 0.6 is 0 Å². The first-order valence-corrected chi connectivity index (χ1v) is 5.65. The van der Waals surface area contributed by atoms with Gasteiger partial charge in [0.1, 0.15) is 5.60 Å². The number of aryl methyl sites for hydroxylation is 2. The third-order valence-electron chi connectivity index (χ3n) is 3.85. The molecule has 0 saturated carbocycles. The molecule has 0 radical (unpaired) electrons. The molecule has 2 heterocycles. The quantitative estimate of drug-likeness (QED) is 0.752. The van der Waals surface area contributed by atoms with Crippen LogP contribution in [0, 0.1) is 13.8 Å². The van der Waals surface area contributed by atoms with Gasteiger partial charge in [-0.2, -0.15) is 0 Å². The van der Waals surface area contributed by atoms with Crippen LogP contribution in [0.15, 0.2) is 18.2 Å². The highest BCUT2D eigenvalue weighted by Crippen LogP contribution is 2.40. The summed E-state index contributed by atoms with van der Waals surface area (Å²) in [6, 6.07) is 7.28. The molecule has 0 aliphatic carbocycles. The van der Waals surface area contributed by atoms with E-state index in [0.717, 1.165) is 19.6 Å². The molecule has 0 aromatic heterocycles. The van der Waals surface area contributed by atoms with Gasteiger partial charge >= 0.3 is 0 Å². The molecule has 2 heteroatoms. The Hall–Kier alpha value is -0.860.